The Hall–Kier alpha value is -1.95. The van der Waals surface area contributed by atoms with Gasteiger partial charge in [-0.25, -0.2) is 4.39 Å². The molecule has 1 aromatic rings. The highest BCUT2D eigenvalue weighted by Crippen LogP contribution is 2.29. The van der Waals surface area contributed by atoms with Gasteiger partial charge in [0.1, 0.15) is 0 Å². The molecular weight excluding hydrogens is 275 g/mol. The van der Waals surface area contributed by atoms with Gasteiger partial charge in [0.25, 0.3) is 0 Å². The first-order valence-electron chi connectivity index (χ1n) is 6.75. The zero-order valence-electron chi connectivity index (χ0n) is 12.2. The predicted molar refractivity (Wildman–Crippen MR) is 75.6 cm³/mol. The predicted octanol–water partition coefficient (Wildman–Crippen LogP) is 1.21. The summed E-state index contributed by atoms with van der Waals surface area (Å²) in [6.45, 7) is 3.03. The Bertz CT molecular complexity index is 576. The lowest BCUT2D eigenvalue weighted by atomic mass is 9.89. The number of nitrogens with two attached hydrogens (primary N) is 1. The molecule has 2 rings (SSSR count). The summed E-state index contributed by atoms with van der Waals surface area (Å²) in [5.74, 6) is -1.00. The fourth-order valence-electron chi connectivity index (χ4n) is 2.53. The van der Waals surface area contributed by atoms with E-state index in [2.05, 4.69) is 0 Å². The van der Waals surface area contributed by atoms with Gasteiger partial charge in [-0.15, -0.1) is 0 Å². The molecule has 0 saturated carbocycles. The molecule has 1 fully saturated rings. The lowest BCUT2D eigenvalue weighted by molar-refractivity contribution is -0.126. The van der Waals surface area contributed by atoms with Crippen LogP contribution < -0.4 is 10.5 Å². The van der Waals surface area contributed by atoms with Crippen LogP contribution in [0.15, 0.2) is 18.2 Å². The first-order valence-corrected chi connectivity index (χ1v) is 6.75. The van der Waals surface area contributed by atoms with E-state index in [0.717, 1.165) is 0 Å². The van der Waals surface area contributed by atoms with E-state index < -0.39 is 11.2 Å². The number of hydrogen-bond acceptors (Lipinski definition) is 4. The van der Waals surface area contributed by atoms with E-state index in [0.29, 0.717) is 25.1 Å². The summed E-state index contributed by atoms with van der Waals surface area (Å²) in [7, 11) is 1.37. The number of primary amides is 1. The van der Waals surface area contributed by atoms with Crippen molar-refractivity contribution < 1.29 is 18.7 Å². The maximum absolute atomic E-state index is 13.6. The number of nitrogens with zero attached hydrogens (tertiary/aromatic N) is 1. The molecule has 1 aromatic carbocycles. The summed E-state index contributed by atoms with van der Waals surface area (Å²) in [5.41, 5.74) is 5.07. The molecule has 0 spiro atoms. The molecule has 5 nitrogen and oxygen atoms in total. The highest BCUT2D eigenvalue weighted by atomic mass is 19.1. The number of ether oxygens (including phenoxy) is 1. The lowest BCUT2D eigenvalue weighted by Crippen LogP contribution is -2.38. The van der Waals surface area contributed by atoms with E-state index >= 15 is 0 Å². The number of amides is 1. The van der Waals surface area contributed by atoms with Gasteiger partial charge in [0.15, 0.2) is 17.3 Å². The average molecular weight is 294 g/mol. The van der Waals surface area contributed by atoms with Gasteiger partial charge in [-0.2, -0.15) is 0 Å². The molecule has 1 heterocycles. The smallest absolute Gasteiger partial charge is 0.224 e. The largest absolute Gasteiger partial charge is 0.494 e. The molecule has 1 aliphatic heterocycles. The topological polar surface area (TPSA) is 72.6 Å². The fourth-order valence-corrected chi connectivity index (χ4v) is 2.53. The van der Waals surface area contributed by atoms with Gasteiger partial charge >= 0.3 is 0 Å². The van der Waals surface area contributed by atoms with Crippen LogP contribution in [0.25, 0.3) is 0 Å². The molecule has 0 radical (unpaired) electrons. The zero-order chi connectivity index (χ0) is 15.6. The van der Waals surface area contributed by atoms with Crippen LogP contribution in [0.3, 0.4) is 0 Å². The number of benzene rings is 1. The number of likely N-dealkylation sites (tertiary alicyclic amines) is 1. The van der Waals surface area contributed by atoms with E-state index in [-0.39, 0.29) is 24.0 Å². The second kappa shape index (κ2) is 5.81. The van der Waals surface area contributed by atoms with E-state index in [4.69, 9.17) is 10.5 Å². The molecule has 114 valence electrons. The monoisotopic (exact) mass is 294 g/mol. The first kappa shape index (κ1) is 15.4. The molecular formula is C15H19FN2O3. The third-order valence-electron chi connectivity index (χ3n) is 3.99. The number of Topliss-reactive ketones (excluding diaryl/α,β-unsaturated/α-hetero) is 1. The number of carbonyl (C=O) groups excluding carboxylic acids is 2. The van der Waals surface area contributed by atoms with Gasteiger partial charge in [0, 0.05) is 12.1 Å². The van der Waals surface area contributed by atoms with Crippen LogP contribution >= 0.6 is 0 Å². The minimum Gasteiger partial charge on any atom is -0.494 e. The minimum atomic E-state index is -0.592. The Labute approximate surface area is 122 Å². The van der Waals surface area contributed by atoms with Gasteiger partial charge in [-0.05, 0) is 38.1 Å². The first-order chi connectivity index (χ1) is 9.85. The normalized spacial score (nSPS) is 22.2. The molecule has 0 aliphatic carbocycles. The number of carbonyl (C=O) groups is 2. The number of rotatable bonds is 5. The molecule has 1 atom stereocenters. The van der Waals surface area contributed by atoms with Crippen molar-refractivity contribution in [2.45, 2.75) is 13.3 Å². The Morgan fingerprint density at radius 3 is 2.71 bits per heavy atom. The molecule has 1 amide bonds. The van der Waals surface area contributed by atoms with E-state index in [1.54, 1.807) is 6.92 Å². The van der Waals surface area contributed by atoms with Crippen LogP contribution in [0.2, 0.25) is 0 Å². The van der Waals surface area contributed by atoms with Gasteiger partial charge in [0.2, 0.25) is 5.91 Å². The van der Waals surface area contributed by atoms with Gasteiger partial charge in [-0.1, -0.05) is 0 Å². The van der Waals surface area contributed by atoms with Crippen LogP contribution in [-0.2, 0) is 4.79 Å². The number of halogens is 1. The van der Waals surface area contributed by atoms with Crippen LogP contribution in [0, 0.1) is 11.2 Å². The number of methoxy groups -OCH3 is 1. The van der Waals surface area contributed by atoms with Crippen molar-refractivity contribution in [1.29, 1.82) is 0 Å². The summed E-state index contributed by atoms with van der Waals surface area (Å²) >= 11 is 0. The van der Waals surface area contributed by atoms with Crippen molar-refractivity contribution >= 4 is 11.7 Å². The molecule has 6 heteroatoms. The van der Waals surface area contributed by atoms with Crippen molar-refractivity contribution in [3.63, 3.8) is 0 Å². The zero-order valence-corrected chi connectivity index (χ0v) is 12.2. The van der Waals surface area contributed by atoms with Crippen molar-refractivity contribution in [2.24, 2.45) is 11.1 Å². The third-order valence-corrected chi connectivity index (χ3v) is 3.99. The second-order valence-corrected chi connectivity index (χ2v) is 5.66. The number of hydrogen-bond donors (Lipinski definition) is 1. The highest BCUT2D eigenvalue weighted by molar-refractivity contribution is 5.97. The Morgan fingerprint density at radius 2 is 2.19 bits per heavy atom. The van der Waals surface area contributed by atoms with Crippen molar-refractivity contribution in [1.82, 2.24) is 4.90 Å². The maximum atomic E-state index is 13.6. The summed E-state index contributed by atoms with van der Waals surface area (Å²) in [4.78, 5) is 25.4. The van der Waals surface area contributed by atoms with Crippen molar-refractivity contribution in [3.05, 3.63) is 29.6 Å². The maximum Gasteiger partial charge on any atom is 0.224 e. The number of ketones is 1. The standard InChI is InChI=1S/C15H19FN2O3/c1-15(14(17)20)5-6-18(9-15)8-12(19)10-3-4-13(21-2)11(16)7-10/h3-4,7H,5-6,8-9H2,1-2H3,(H2,17,20). The average Bonchev–Trinajstić information content (AvgIpc) is 2.81. The summed E-state index contributed by atoms with van der Waals surface area (Å²) < 4.78 is 18.4. The SMILES string of the molecule is COc1ccc(C(=O)CN2CCC(C)(C(N)=O)C2)cc1F. The van der Waals surface area contributed by atoms with Crippen LogP contribution in [0.1, 0.15) is 23.7 Å². The van der Waals surface area contributed by atoms with Crippen LogP contribution in [0.4, 0.5) is 4.39 Å². The Kier molecular flexibility index (Phi) is 4.27. The molecule has 1 saturated heterocycles. The Balaban J connectivity index is 2.03. The lowest BCUT2D eigenvalue weighted by Gasteiger charge is -2.20. The van der Waals surface area contributed by atoms with Crippen LogP contribution in [0.5, 0.6) is 5.75 Å². The summed E-state index contributed by atoms with van der Waals surface area (Å²) in [6, 6.07) is 4.14. The van der Waals surface area contributed by atoms with Gasteiger partial charge in [-0.3, -0.25) is 14.5 Å². The molecule has 1 unspecified atom stereocenters. The van der Waals surface area contributed by atoms with Gasteiger partial charge in [0.05, 0.1) is 19.1 Å². The summed E-state index contributed by atoms with van der Waals surface area (Å²) in [5, 5.41) is 0. The molecule has 21 heavy (non-hydrogen) atoms. The fraction of sp³-hybridized carbons (Fsp3) is 0.467. The van der Waals surface area contributed by atoms with Crippen molar-refractivity contribution in [2.75, 3.05) is 26.7 Å². The minimum absolute atomic E-state index is 0.106. The highest BCUT2D eigenvalue weighted by Gasteiger charge is 2.39. The molecule has 0 bridgehead atoms. The van der Waals surface area contributed by atoms with Crippen LogP contribution in [-0.4, -0.2) is 43.3 Å². The molecule has 0 aromatic heterocycles. The van der Waals surface area contributed by atoms with Gasteiger partial charge < -0.3 is 10.5 Å². The van der Waals surface area contributed by atoms with E-state index in [1.807, 2.05) is 4.90 Å². The summed E-state index contributed by atoms with van der Waals surface area (Å²) in [6.07, 6.45) is 0.632. The Morgan fingerprint density at radius 1 is 1.48 bits per heavy atom. The molecule has 2 N–H and O–H groups in total. The van der Waals surface area contributed by atoms with E-state index in [1.165, 1.54) is 25.3 Å². The second-order valence-electron chi connectivity index (χ2n) is 5.66. The quantitative estimate of drug-likeness (QED) is 0.829. The molecule has 1 aliphatic rings. The van der Waals surface area contributed by atoms with E-state index in [9.17, 15) is 14.0 Å². The third kappa shape index (κ3) is 3.21. The van der Waals surface area contributed by atoms with Crippen molar-refractivity contribution in [3.8, 4) is 5.75 Å².